The fraction of sp³-hybridized carbons (Fsp3) is 0.647. The maximum atomic E-state index is 12.9. The second-order valence-electron chi connectivity index (χ2n) is 6.56. The molecule has 1 aromatic rings. The molecule has 1 aliphatic heterocycles. The Hall–Kier alpha value is -1.58. The van der Waals surface area contributed by atoms with Gasteiger partial charge < -0.3 is 10.2 Å². The molecule has 1 aromatic heterocycles. The zero-order chi connectivity index (χ0) is 15.6. The van der Waals surface area contributed by atoms with E-state index >= 15 is 0 Å². The van der Waals surface area contributed by atoms with Crippen LogP contribution in [0.3, 0.4) is 0 Å². The summed E-state index contributed by atoms with van der Waals surface area (Å²) in [6, 6.07) is 4.13. The number of carbonyl (C=O) groups is 1. The van der Waals surface area contributed by atoms with Crippen LogP contribution in [0.25, 0.3) is 0 Å². The van der Waals surface area contributed by atoms with Crippen molar-refractivity contribution in [2.75, 3.05) is 18.9 Å². The number of hydrogen-bond acceptors (Lipinski definition) is 3. The lowest BCUT2D eigenvalue weighted by Crippen LogP contribution is -2.45. The van der Waals surface area contributed by atoms with E-state index in [1.807, 2.05) is 24.1 Å². The van der Waals surface area contributed by atoms with Gasteiger partial charge in [0, 0.05) is 30.9 Å². The summed E-state index contributed by atoms with van der Waals surface area (Å²) in [5.74, 6) is 1.79. The highest BCUT2D eigenvalue weighted by Gasteiger charge is 2.28. The van der Waals surface area contributed by atoms with Crippen LogP contribution in [0, 0.1) is 5.92 Å². The summed E-state index contributed by atoms with van der Waals surface area (Å²) >= 11 is 0. The SMILES string of the molecule is CNc1cc(C(=O)N2CC(C)CCC2C)cc(C(C)C)n1. The Morgan fingerprint density at radius 3 is 2.67 bits per heavy atom. The van der Waals surface area contributed by atoms with Crippen LogP contribution in [0.15, 0.2) is 12.1 Å². The summed E-state index contributed by atoms with van der Waals surface area (Å²) in [7, 11) is 1.84. The average molecular weight is 289 g/mol. The Labute approximate surface area is 127 Å². The first-order valence-electron chi connectivity index (χ1n) is 7.93. The van der Waals surface area contributed by atoms with Gasteiger partial charge in [-0.1, -0.05) is 20.8 Å². The number of aromatic nitrogens is 1. The first kappa shape index (κ1) is 15.8. The number of hydrogen-bond donors (Lipinski definition) is 1. The van der Waals surface area contributed by atoms with Gasteiger partial charge in [0.25, 0.3) is 5.91 Å². The number of anilines is 1. The van der Waals surface area contributed by atoms with Crippen molar-refractivity contribution in [1.82, 2.24) is 9.88 Å². The maximum Gasteiger partial charge on any atom is 0.254 e. The first-order valence-corrected chi connectivity index (χ1v) is 7.93. The van der Waals surface area contributed by atoms with E-state index in [1.165, 1.54) is 6.42 Å². The molecule has 1 amide bonds. The van der Waals surface area contributed by atoms with Crippen molar-refractivity contribution in [3.63, 3.8) is 0 Å². The van der Waals surface area contributed by atoms with Crippen LogP contribution >= 0.6 is 0 Å². The highest BCUT2D eigenvalue weighted by atomic mass is 16.2. The minimum Gasteiger partial charge on any atom is -0.373 e. The summed E-state index contributed by atoms with van der Waals surface area (Å²) in [5, 5.41) is 3.06. The van der Waals surface area contributed by atoms with Crippen LogP contribution in [-0.2, 0) is 0 Å². The van der Waals surface area contributed by atoms with E-state index in [0.717, 1.165) is 30.0 Å². The fourth-order valence-corrected chi connectivity index (χ4v) is 2.84. The second-order valence-corrected chi connectivity index (χ2v) is 6.56. The third-order valence-electron chi connectivity index (χ3n) is 4.32. The predicted octanol–water partition coefficient (Wildman–Crippen LogP) is 3.51. The molecule has 2 heterocycles. The lowest BCUT2D eigenvalue weighted by Gasteiger charge is -2.37. The third kappa shape index (κ3) is 3.55. The van der Waals surface area contributed by atoms with E-state index in [9.17, 15) is 4.79 Å². The van der Waals surface area contributed by atoms with E-state index in [-0.39, 0.29) is 5.91 Å². The monoisotopic (exact) mass is 289 g/mol. The van der Waals surface area contributed by atoms with E-state index in [0.29, 0.717) is 17.9 Å². The van der Waals surface area contributed by atoms with Crippen molar-refractivity contribution in [2.45, 2.75) is 52.5 Å². The van der Waals surface area contributed by atoms with Gasteiger partial charge in [0.05, 0.1) is 0 Å². The molecule has 4 heteroatoms. The molecule has 1 saturated heterocycles. The van der Waals surface area contributed by atoms with Gasteiger partial charge in [-0.2, -0.15) is 0 Å². The zero-order valence-corrected chi connectivity index (χ0v) is 13.8. The first-order chi connectivity index (χ1) is 9.92. The second kappa shape index (κ2) is 6.46. The minimum atomic E-state index is 0.134. The van der Waals surface area contributed by atoms with Gasteiger partial charge in [0.15, 0.2) is 0 Å². The van der Waals surface area contributed by atoms with Gasteiger partial charge in [0.2, 0.25) is 0 Å². The molecular formula is C17H27N3O. The number of piperidine rings is 1. The molecule has 2 atom stereocenters. The Morgan fingerprint density at radius 2 is 2.05 bits per heavy atom. The van der Waals surface area contributed by atoms with Crippen molar-refractivity contribution in [1.29, 1.82) is 0 Å². The van der Waals surface area contributed by atoms with Crippen LogP contribution < -0.4 is 5.32 Å². The molecule has 0 saturated carbocycles. The predicted molar refractivity (Wildman–Crippen MR) is 86.8 cm³/mol. The van der Waals surface area contributed by atoms with E-state index in [2.05, 4.69) is 38.0 Å². The van der Waals surface area contributed by atoms with Crippen LogP contribution in [0.4, 0.5) is 5.82 Å². The Morgan fingerprint density at radius 1 is 1.33 bits per heavy atom. The average Bonchev–Trinajstić information content (AvgIpc) is 2.48. The number of rotatable bonds is 3. The number of pyridine rings is 1. The number of nitrogens with zero attached hydrogens (tertiary/aromatic N) is 2. The summed E-state index contributed by atoms with van der Waals surface area (Å²) in [5.41, 5.74) is 1.71. The largest absolute Gasteiger partial charge is 0.373 e. The van der Waals surface area contributed by atoms with Gasteiger partial charge >= 0.3 is 0 Å². The van der Waals surface area contributed by atoms with Gasteiger partial charge in [-0.05, 0) is 43.7 Å². The molecule has 2 unspecified atom stereocenters. The molecule has 0 bridgehead atoms. The van der Waals surface area contributed by atoms with Crippen molar-refractivity contribution < 1.29 is 4.79 Å². The minimum absolute atomic E-state index is 0.134. The number of carbonyl (C=O) groups excluding carboxylic acids is 1. The Kier molecular flexibility index (Phi) is 4.86. The molecule has 116 valence electrons. The lowest BCUT2D eigenvalue weighted by molar-refractivity contribution is 0.0574. The van der Waals surface area contributed by atoms with E-state index in [1.54, 1.807) is 0 Å². The summed E-state index contributed by atoms with van der Waals surface area (Å²) in [6.45, 7) is 9.42. The van der Waals surface area contributed by atoms with Gasteiger partial charge in [-0.15, -0.1) is 0 Å². The normalized spacial score (nSPS) is 22.5. The molecule has 4 nitrogen and oxygen atoms in total. The van der Waals surface area contributed by atoms with Crippen molar-refractivity contribution >= 4 is 11.7 Å². The molecule has 2 rings (SSSR count). The smallest absolute Gasteiger partial charge is 0.254 e. The van der Waals surface area contributed by atoms with Gasteiger partial charge in [-0.3, -0.25) is 4.79 Å². The number of nitrogens with one attached hydrogen (secondary N) is 1. The summed E-state index contributed by atoms with van der Waals surface area (Å²) in [4.78, 5) is 19.4. The number of amides is 1. The molecule has 1 aliphatic rings. The maximum absolute atomic E-state index is 12.9. The van der Waals surface area contributed by atoms with Crippen LogP contribution in [0.5, 0.6) is 0 Å². The number of likely N-dealkylation sites (tertiary alicyclic amines) is 1. The molecule has 0 radical (unpaired) electrons. The molecule has 0 aromatic carbocycles. The highest BCUT2D eigenvalue weighted by molar-refractivity contribution is 5.95. The van der Waals surface area contributed by atoms with Crippen LogP contribution in [0.2, 0.25) is 0 Å². The van der Waals surface area contributed by atoms with Crippen molar-refractivity contribution in [3.8, 4) is 0 Å². The molecule has 0 aliphatic carbocycles. The quantitative estimate of drug-likeness (QED) is 0.926. The Balaban J connectivity index is 2.31. The van der Waals surface area contributed by atoms with E-state index < -0.39 is 0 Å². The molecular weight excluding hydrogens is 262 g/mol. The van der Waals surface area contributed by atoms with Crippen LogP contribution in [-0.4, -0.2) is 35.4 Å². The van der Waals surface area contributed by atoms with Crippen LogP contribution in [0.1, 0.15) is 62.5 Å². The summed E-state index contributed by atoms with van der Waals surface area (Å²) in [6.07, 6.45) is 2.30. The molecule has 0 spiro atoms. The molecule has 21 heavy (non-hydrogen) atoms. The fourth-order valence-electron chi connectivity index (χ4n) is 2.84. The highest BCUT2D eigenvalue weighted by Crippen LogP contribution is 2.25. The van der Waals surface area contributed by atoms with Gasteiger partial charge in [0.1, 0.15) is 5.82 Å². The molecule has 1 N–H and O–H groups in total. The zero-order valence-electron chi connectivity index (χ0n) is 13.8. The Bertz CT molecular complexity index is 513. The van der Waals surface area contributed by atoms with Gasteiger partial charge in [-0.25, -0.2) is 4.98 Å². The topological polar surface area (TPSA) is 45.2 Å². The van der Waals surface area contributed by atoms with E-state index in [4.69, 9.17) is 0 Å². The van der Waals surface area contributed by atoms with Crippen molar-refractivity contribution in [3.05, 3.63) is 23.4 Å². The standard InChI is InChI=1S/C17H27N3O/c1-11(2)15-8-14(9-16(18-5)19-15)17(21)20-10-12(3)6-7-13(20)4/h8-9,11-13H,6-7,10H2,1-5H3,(H,18,19). The molecule has 1 fully saturated rings. The lowest BCUT2D eigenvalue weighted by atomic mass is 9.94. The third-order valence-corrected chi connectivity index (χ3v) is 4.32. The summed E-state index contributed by atoms with van der Waals surface area (Å²) < 4.78 is 0. The van der Waals surface area contributed by atoms with Crippen molar-refractivity contribution in [2.24, 2.45) is 5.92 Å².